The first-order valence-corrected chi connectivity index (χ1v) is 7.28. The Morgan fingerprint density at radius 2 is 1.89 bits per heavy atom. The van der Waals surface area contributed by atoms with Crippen molar-refractivity contribution in [3.63, 3.8) is 0 Å². The topological polar surface area (TPSA) is 35.9 Å². The summed E-state index contributed by atoms with van der Waals surface area (Å²) in [6.07, 6.45) is 5.23. The molecule has 5 heteroatoms. The zero-order chi connectivity index (χ0) is 13.1. The fraction of sp³-hybridized carbons (Fsp3) is 0.308. The number of nitrogens with one attached hydrogen (secondary N) is 2. The van der Waals surface area contributed by atoms with Gasteiger partial charge in [-0.15, -0.1) is 0 Å². The van der Waals surface area contributed by atoms with Gasteiger partial charge in [-0.1, -0.05) is 29.6 Å². The number of anilines is 1. The van der Waals surface area contributed by atoms with E-state index in [0.717, 1.165) is 23.0 Å². The monoisotopic (exact) mass is 346 g/mol. The van der Waals surface area contributed by atoms with Crippen LogP contribution in [0.2, 0.25) is 10.0 Å². The molecule has 0 unspecified atom stereocenters. The molecule has 1 aromatic rings. The smallest absolute Gasteiger partial charge is 0.0546 e. The minimum Gasteiger partial charge on any atom is -0.360 e. The van der Waals surface area contributed by atoms with Crippen molar-refractivity contribution in [3.05, 3.63) is 38.9 Å². The van der Waals surface area contributed by atoms with Crippen molar-refractivity contribution in [2.75, 3.05) is 5.32 Å². The van der Waals surface area contributed by atoms with Gasteiger partial charge in [-0.2, -0.15) is 0 Å². The predicted molar refractivity (Wildman–Crippen MR) is 82.2 cm³/mol. The fourth-order valence-corrected chi connectivity index (χ4v) is 2.72. The van der Waals surface area contributed by atoms with Gasteiger partial charge in [0.25, 0.3) is 0 Å². The van der Waals surface area contributed by atoms with Gasteiger partial charge in [-0.05, 0) is 47.0 Å². The van der Waals surface area contributed by atoms with E-state index in [0.29, 0.717) is 21.7 Å². The largest absolute Gasteiger partial charge is 0.360 e. The van der Waals surface area contributed by atoms with Crippen LogP contribution < -0.4 is 5.32 Å². The SMILES string of the molecule is N=C(/C(Br)=C\Nc1cc(Cl)cc(Cl)c1)C1CCC1. The van der Waals surface area contributed by atoms with Crippen LogP contribution in [0.1, 0.15) is 19.3 Å². The maximum atomic E-state index is 7.99. The highest BCUT2D eigenvalue weighted by molar-refractivity contribution is 9.12. The van der Waals surface area contributed by atoms with E-state index < -0.39 is 0 Å². The molecule has 2 N–H and O–H groups in total. The molecule has 0 amide bonds. The molecule has 2 nitrogen and oxygen atoms in total. The van der Waals surface area contributed by atoms with E-state index in [1.54, 1.807) is 24.4 Å². The molecule has 1 fully saturated rings. The Morgan fingerprint density at radius 3 is 2.39 bits per heavy atom. The van der Waals surface area contributed by atoms with Gasteiger partial charge in [-0.3, -0.25) is 0 Å². The van der Waals surface area contributed by atoms with E-state index in [1.165, 1.54) is 6.42 Å². The van der Waals surface area contributed by atoms with Crippen molar-refractivity contribution in [2.45, 2.75) is 19.3 Å². The van der Waals surface area contributed by atoms with Crippen molar-refractivity contribution < 1.29 is 0 Å². The first kappa shape index (κ1) is 13.9. The number of benzene rings is 1. The highest BCUT2D eigenvalue weighted by Crippen LogP contribution is 2.31. The molecule has 1 aliphatic carbocycles. The lowest BCUT2D eigenvalue weighted by atomic mass is 9.82. The van der Waals surface area contributed by atoms with E-state index in [1.807, 2.05) is 0 Å². The lowest BCUT2D eigenvalue weighted by Crippen LogP contribution is -2.21. The second-order valence-electron chi connectivity index (χ2n) is 4.34. The second-order valence-corrected chi connectivity index (χ2v) is 6.06. The molecular weight excluding hydrogens is 335 g/mol. The lowest BCUT2D eigenvalue weighted by molar-refractivity contribution is 0.413. The molecule has 0 atom stereocenters. The van der Waals surface area contributed by atoms with Crippen molar-refractivity contribution in [1.29, 1.82) is 5.41 Å². The summed E-state index contributed by atoms with van der Waals surface area (Å²) in [7, 11) is 0. The molecule has 1 saturated carbocycles. The molecule has 0 saturated heterocycles. The van der Waals surface area contributed by atoms with Gasteiger partial charge in [-0.25, -0.2) is 0 Å². The molecule has 0 spiro atoms. The molecule has 0 heterocycles. The van der Waals surface area contributed by atoms with Crippen LogP contribution in [0.15, 0.2) is 28.9 Å². The average molecular weight is 348 g/mol. The Balaban J connectivity index is 2.02. The van der Waals surface area contributed by atoms with Gasteiger partial charge < -0.3 is 10.7 Å². The summed E-state index contributed by atoms with van der Waals surface area (Å²) in [6, 6.07) is 5.26. The molecule has 96 valence electrons. The second kappa shape index (κ2) is 6.09. The quantitative estimate of drug-likeness (QED) is 0.697. The minimum atomic E-state index is 0.403. The summed E-state index contributed by atoms with van der Waals surface area (Å²) >= 11 is 15.2. The summed E-state index contributed by atoms with van der Waals surface area (Å²) < 4.78 is 0.781. The molecule has 0 aliphatic heterocycles. The fourth-order valence-electron chi connectivity index (χ4n) is 1.75. The van der Waals surface area contributed by atoms with Gasteiger partial charge >= 0.3 is 0 Å². The molecule has 1 aromatic carbocycles. The third kappa shape index (κ3) is 3.50. The molecular formula is C13H13BrCl2N2. The zero-order valence-corrected chi connectivity index (χ0v) is 12.7. The maximum Gasteiger partial charge on any atom is 0.0546 e. The van der Waals surface area contributed by atoms with Crippen molar-refractivity contribution in [2.24, 2.45) is 5.92 Å². The lowest BCUT2D eigenvalue weighted by Gasteiger charge is -2.25. The summed E-state index contributed by atoms with van der Waals surface area (Å²) in [5, 5.41) is 12.3. The van der Waals surface area contributed by atoms with E-state index in [4.69, 9.17) is 28.6 Å². The third-order valence-corrected chi connectivity index (χ3v) is 4.09. The Labute approximate surface area is 125 Å². The number of hydrogen-bond acceptors (Lipinski definition) is 2. The molecule has 0 radical (unpaired) electrons. The van der Waals surface area contributed by atoms with Gasteiger partial charge in [0.05, 0.1) is 10.2 Å². The van der Waals surface area contributed by atoms with Crippen LogP contribution in [0.5, 0.6) is 0 Å². The van der Waals surface area contributed by atoms with Crippen LogP contribution in [-0.4, -0.2) is 5.71 Å². The number of rotatable bonds is 4. The third-order valence-electron chi connectivity index (χ3n) is 3.00. The summed E-state index contributed by atoms with van der Waals surface area (Å²) in [4.78, 5) is 0. The predicted octanol–water partition coefficient (Wildman–Crippen LogP) is 5.46. The number of halogens is 3. The summed E-state index contributed by atoms with van der Waals surface area (Å²) in [5.41, 5.74) is 1.47. The Morgan fingerprint density at radius 1 is 1.28 bits per heavy atom. The zero-order valence-electron chi connectivity index (χ0n) is 9.64. The van der Waals surface area contributed by atoms with Crippen LogP contribution in [-0.2, 0) is 0 Å². The number of allylic oxidation sites excluding steroid dienone is 1. The molecule has 0 aromatic heterocycles. The average Bonchev–Trinajstić information content (AvgIpc) is 2.22. The van der Waals surface area contributed by atoms with Gasteiger partial charge in [0.2, 0.25) is 0 Å². The van der Waals surface area contributed by atoms with Crippen molar-refractivity contribution in [1.82, 2.24) is 0 Å². The van der Waals surface area contributed by atoms with Crippen LogP contribution in [0.25, 0.3) is 0 Å². The van der Waals surface area contributed by atoms with Gasteiger partial charge in [0, 0.05) is 27.9 Å². The normalized spacial score (nSPS) is 16.3. The summed E-state index contributed by atoms with van der Waals surface area (Å²) in [5.74, 6) is 0.403. The number of hydrogen-bond donors (Lipinski definition) is 2. The molecule has 0 bridgehead atoms. The van der Waals surface area contributed by atoms with Crippen LogP contribution >= 0.6 is 39.1 Å². The van der Waals surface area contributed by atoms with E-state index >= 15 is 0 Å². The minimum absolute atomic E-state index is 0.403. The van der Waals surface area contributed by atoms with Crippen LogP contribution in [0, 0.1) is 11.3 Å². The van der Waals surface area contributed by atoms with E-state index in [-0.39, 0.29) is 0 Å². The first-order chi connectivity index (χ1) is 8.56. The van der Waals surface area contributed by atoms with Crippen LogP contribution in [0.4, 0.5) is 5.69 Å². The maximum absolute atomic E-state index is 7.99. The standard InChI is InChI=1S/C13H13BrCl2N2/c14-12(13(17)8-2-1-3-8)7-18-11-5-9(15)4-10(16)6-11/h4-8,17-18H,1-3H2/b12-7+,17-13?. The van der Waals surface area contributed by atoms with Crippen LogP contribution in [0.3, 0.4) is 0 Å². The van der Waals surface area contributed by atoms with Crippen molar-refractivity contribution >= 4 is 50.5 Å². The molecule has 1 aliphatic rings. The van der Waals surface area contributed by atoms with Gasteiger partial charge in [0.15, 0.2) is 0 Å². The Bertz CT molecular complexity index is 476. The highest BCUT2D eigenvalue weighted by Gasteiger charge is 2.23. The summed E-state index contributed by atoms with van der Waals surface area (Å²) in [6.45, 7) is 0. The van der Waals surface area contributed by atoms with E-state index in [2.05, 4.69) is 21.2 Å². The van der Waals surface area contributed by atoms with Gasteiger partial charge in [0.1, 0.15) is 0 Å². The molecule has 18 heavy (non-hydrogen) atoms. The van der Waals surface area contributed by atoms with E-state index in [9.17, 15) is 0 Å². The Kier molecular flexibility index (Phi) is 4.71. The van der Waals surface area contributed by atoms with Crippen molar-refractivity contribution in [3.8, 4) is 0 Å². The highest BCUT2D eigenvalue weighted by atomic mass is 79.9. The first-order valence-electron chi connectivity index (χ1n) is 5.73. The Hall–Kier alpha value is -0.510. The molecule has 2 rings (SSSR count).